The molecule has 2 aromatic heterocycles. The fourth-order valence-corrected chi connectivity index (χ4v) is 1.93. The van der Waals surface area contributed by atoms with Crippen molar-refractivity contribution in [1.82, 2.24) is 20.2 Å². The van der Waals surface area contributed by atoms with E-state index in [1.165, 1.54) is 12.3 Å². The number of hydrogen-bond acceptors (Lipinski definition) is 5. The van der Waals surface area contributed by atoms with Crippen LogP contribution < -0.4 is 10.1 Å². The zero-order chi connectivity index (χ0) is 16.4. The lowest BCUT2D eigenvalue weighted by Gasteiger charge is -2.06. The molecule has 3 aromatic rings. The molecule has 0 bridgehead atoms. The molecule has 0 fully saturated rings. The van der Waals surface area contributed by atoms with Crippen molar-refractivity contribution in [2.24, 2.45) is 5.92 Å². The summed E-state index contributed by atoms with van der Waals surface area (Å²) in [6.07, 6.45) is 1.53. The summed E-state index contributed by atoms with van der Waals surface area (Å²) in [6, 6.07) is 2.96. The average Bonchev–Trinajstić information content (AvgIpc) is 2.90. The standard InChI is InChI=1S/C15H15F2N5O/c1-8(2)6-18-13-10-7-19-15(20-14(10)22-21-13)23-12-4-3-9(16)5-11(12)17/h3-5,7-8H,6H2,1-2H3,(H2,18,19,20,21,22). The van der Waals surface area contributed by atoms with Crippen LogP contribution in [0, 0.1) is 17.6 Å². The molecule has 0 unspecified atom stereocenters. The molecule has 3 rings (SSSR count). The van der Waals surface area contributed by atoms with Crippen molar-refractivity contribution in [3.63, 3.8) is 0 Å². The van der Waals surface area contributed by atoms with Gasteiger partial charge in [0.1, 0.15) is 5.82 Å². The van der Waals surface area contributed by atoms with Crippen molar-refractivity contribution in [3.05, 3.63) is 36.0 Å². The van der Waals surface area contributed by atoms with E-state index in [0.29, 0.717) is 22.8 Å². The topological polar surface area (TPSA) is 75.7 Å². The van der Waals surface area contributed by atoms with Crippen LogP contribution in [-0.2, 0) is 0 Å². The maximum Gasteiger partial charge on any atom is 0.324 e. The Morgan fingerprint density at radius 2 is 2.13 bits per heavy atom. The second-order valence-electron chi connectivity index (χ2n) is 5.44. The number of aromatic amines is 1. The van der Waals surface area contributed by atoms with Crippen molar-refractivity contribution < 1.29 is 13.5 Å². The van der Waals surface area contributed by atoms with Gasteiger partial charge in [-0.3, -0.25) is 5.10 Å². The number of hydrogen-bond donors (Lipinski definition) is 2. The van der Waals surface area contributed by atoms with E-state index in [1.807, 2.05) is 0 Å². The molecule has 6 nitrogen and oxygen atoms in total. The normalized spacial score (nSPS) is 11.2. The quantitative estimate of drug-likeness (QED) is 0.753. The SMILES string of the molecule is CC(C)CNc1n[nH]c2nc(Oc3ccc(F)cc3F)ncc12. The number of halogens is 2. The Labute approximate surface area is 130 Å². The molecule has 0 amide bonds. The molecule has 23 heavy (non-hydrogen) atoms. The zero-order valence-electron chi connectivity index (χ0n) is 12.6. The van der Waals surface area contributed by atoms with Gasteiger partial charge in [-0.2, -0.15) is 10.1 Å². The van der Waals surface area contributed by atoms with E-state index < -0.39 is 11.6 Å². The highest BCUT2D eigenvalue weighted by molar-refractivity contribution is 5.86. The molecular formula is C15H15F2N5O. The molecule has 1 aromatic carbocycles. The fraction of sp³-hybridized carbons (Fsp3) is 0.267. The molecule has 0 aliphatic heterocycles. The smallest absolute Gasteiger partial charge is 0.324 e. The van der Waals surface area contributed by atoms with Gasteiger partial charge < -0.3 is 10.1 Å². The van der Waals surface area contributed by atoms with E-state index in [4.69, 9.17) is 4.74 Å². The third kappa shape index (κ3) is 3.36. The van der Waals surface area contributed by atoms with E-state index in [9.17, 15) is 8.78 Å². The van der Waals surface area contributed by atoms with Gasteiger partial charge in [-0.05, 0) is 18.1 Å². The molecule has 0 aliphatic rings. The second kappa shape index (κ2) is 6.15. The Balaban J connectivity index is 1.83. The van der Waals surface area contributed by atoms with Gasteiger partial charge >= 0.3 is 6.01 Å². The molecule has 2 heterocycles. The summed E-state index contributed by atoms with van der Waals surface area (Å²) in [7, 11) is 0. The molecule has 2 N–H and O–H groups in total. The molecule has 0 aliphatic carbocycles. The van der Waals surface area contributed by atoms with Crippen LogP contribution in [0.15, 0.2) is 24.4 Å². The Morgan fingerprint density at radius 3 is 2.87 bits per heavy atom. The average molecular weight is 319 g/mol. The van der Waals surface area contributed by atoms with Crippen molar-refractivity contribution >= 4 is 16.9 Å². The Kier molecular flexibility index (Phi) is 4.05. The van der Waals surface area contributed by atoms with Crippen LogP contribution in [0.3, 0.4) is 0 Å². The first-order valence-corrected chi connectivity index (χ1v) is 7.11. The molecule has 120 valence electrons. The second-order valence-corrected chi connectivity index (χ2v) is 5.44. The highest BCUT2D eigenvalue weighted by atomic mass is 19.1. The van der Waals surface area contributed by atoms with Crippen molar-refractivity contribution in [1.29, 1.82) is 0 Å². The number of nitrogens with one attached hydrogen (secondary N) is 2. The first-order valence-electron chi connectivity index (χ1n) is 7.11. The third-order valence-corrected chi connectivity index (χ3v) is 3.07. The van der Waals surface area contributed by atoms with E-state index in [2.05, 4.69) is 39.3 Å². The van der Waals surface area contributed by atoms with Crippen LogP contribution >= 0.6 is 0 Å². The minimum Gasteiger partial charge on any atom is -0.421 e. The van der Waals surface area contributed by atoms with E-state index in [-0.39, 0.29) is 11.8 Å². The van der Waals surface area contributed by atoms with E-state index >= 15 is 0 Å². The van der Waals surface area contributed by atoms with Gasteiger partial charge in [0.05, 0.1) is 5.39 Å². The minimum atomic E-state index is -0.822. The number of rotatable bonds is 5. The molecule has 0 spiro atoms. The summed E-state index contributed by atoms with van der Waals surface area (Å²) < 4.78 is 31.7. The molecule has 0 saturated heterocycles. The highest BCUT2D eigenvalue weighted by Crippen LogP contribution is 2.25. The Hall–Kier alpha value is -2.77. The summed E-state index contributed by atoms with van der Waals surface area (Å²) >= 11 is 0. The molecule has 8 heteroatoms. The van der Waals surface area contributed by atoms with Crippen molar-refractivity contribution in [3.8, 4) is 11.8 Å². The fourth-order valence-electron chi connectivity index (χ4n) is 1.93. The number of H-pyrrole nitrogens is 1. The van der Waals surface area contributed by atoms with Gasteiger partial charge in [0.25, 0.3) is 0 Å². The largest absolute Gasteiger partial charge is 0.421 e. The number of ether oxygens (including phenoxy) is 1. The lowest BCUT2D eigenvalue weighted by atomic mass is 10.2. The number of fused-ring (bicyclic) bond motifs is 1. The summed E-state index contributed by atoms with van der Waals surface area (Å²) in [5.74, 6) is -0.540. The van der Waals surface area contributed by atoms with Gasteiger partial charge in [0, 0.05) is 18.8 Å². The van der Waals surface area contributed by atoms with Crippen LogP contribution in [0.1, 0.15) is 13.8 Å². The molecule has 0 radical (unpaired) electrons. The Bertz CT molecular complexity index is 834. The van der Waals surface area contributed by atoms with Gasteiger partial charge in [0.15, 0.2) is 23.0 Å². The minimum absolute atomic E-state index is 0.0536. The van der Waals surface area contributed by atoms with Gasteiger partial charge in [0.2, 0.25) is 0 Å². The van der Waals surface area contributed by atoms with Crippen LogP contribution in [-0.4, -0.2) is 26.7 Å². The lowest BCUT2D eigenvalue weighted by molar-refractivity contribution is 0.409. The van der Waals surface area contributed by atoms with Crippen molar-refractivity contribution in [2.75, 3.05) is 11.9 Å². The van der Waals surface area contributed by atoms with Gasteiger partial charge in [-0.15, -0.1) is 0 Å². The maximum atomic E-state index is 13.6. The maximum absolute atomic E-state index is 13.6. The van der Waals surface area contributed by atoms with E-state index in [1.54, 1.807) is 0 Å². The number of nitrogens with zero attached hydrogens (tertiary/aromatic N) is 3. The van der Waals surface area contributed by atoms with Crippen LogP contribution in [0.4, 0.5) is 14.6 Å². The van der Waals surface area contributed by atoms with Crippen molar-refractivity contribution in [2.45, 2.75) is 13.8 Å². The molecular weight excluding hydrogens is 304 g/mol. The van der Waals surface area contributed by atoms with Crippen LogP contribution in [0.5, 0.6) is 11.8 Å². The summed E-state index contributed by atoms with van der Waals surface area (Å²) in [5.41, 5.74) is 0.462. The predicted octanol–water partition coefficient (Wildman–Crippen LogP) is 3.49. The van der Waals surface area contributed by atoms with E-state index in [0.717, 1.165) is 18.7 Å². The van der Waals surface area contributed by atoms with Crippen LogP contribution in [0.25, 0.3) is 11.0 Å². The summed E-state index contributed by atoms with van der Waals surface area (Å²) in [6.45, 7) is 4.93. The number of aromatic nitrogens is 4. The van der Waals surface area contributed by atoms with Gasteiger partial charge in [-0.25, -0.2) is 13.8 Å². The van der Waals surface area contributed by atoms with Crippen LogP contribution in [0.2, 0.25) is 0 Å². The summed E-state index contributed by atoms with van der Waals surface area (Å²) in [5, 5.41) is 10.8. The zero-order valence-corrected chi connectivity index (χ0v) is 12.6. The number of anilines is 1. The highest BCUT2D eigenvalue weighted by Gasteiger charge is 2.12. The summed E-state index contributed by atoms with van der Waals surface area (Å²) in [4.78, 5) is 8.16. The third-order valence-electron chi connectivity index (χ3n) is 3.07. The first-order chi connectivity index (χ1) is 11.0. The predicted molar refractivity (Wildman–Crippen MR) is 81.4 cm³/mol. The first kappa shape index (κ1) is 15.1. The number of benzene rings is 1. The Morgan fingerprint density at radius 1 is 1.30 bits per heavy atom. The molecule has 0 saturated carbocycles. The van der Waals surface area contributed by atoms with Gasteiger partial charge in [-0.1, -0.05) is 13.8 Å². The molecule has 0 atom stereocenters. The lowest BCUT2D eigenvalue weighted by Crippen LogP contribution is -2.08. The monoisotopic (exact) mass is 319 g/mol.